The Morgan fingerprint density at radius 3 is 2.46 bits per heavy atom. The van der Waals surface area contributed by atoms with E-state index in [2.05, 4.69) is 6.92 Å². The molecule has 1 aliphatic heterocycles. The molecule has 3 aromatic carbocycles. The van der Waals surface area contributed by atoms with Crippen LogP contribution in [-0.4, -0.2) is 49.1 Å². The maximum absolute atomic E-state index is 13.6. The molecule has 4 aromatic rings. The smallest absolute Gasteiger partial charge is 0.301 e. The fourth-order valence-corrected chi connectivity index (χ4v) is 5.80. The van der Waals surface area contributed by atoms with E-state index in [9.17, 15) is 14.7 Å². The predicted molar refractivity (Wildman–Crippen MR) is 163 cm³/mol. The van der Waals surface area contributed by atoms with Crippen molar-refractivity contribution in [1.82, 2.24) is 4.98 Å². The van der Waals surface area contributed by atoms with Crippen molar-refractivity contribution in [2.45, 2.75) is 32.7 Å². The number of aliphatic hydroxyl groups is 1. The number of Topliss-reactive ketones (excluding diaryl/α,β-unsaturated/α-hetero) is 1. The van der Waals surface area contributed by atoms with Gasteiger partial charge in [0.25, 0.3) is 5.78 Å². The lowest BCUT2D eigenvalue weighted by atomic mass is 9.95. The van der Waals surface area contributed by atoms with Crippen LogP contribution in [0.15, 0.2) is 72.3 Å². The molecule has 0 aliphatic carbocycles. The van der Waals surface area contributed by atoms with Crippen LogP contribution in [0.25, 0.3) is 16.0 Å². The van der Waals surface area contributed by atoms with E-state index in [-0.39, 0.29) is 11.3 Å². The van der Waals surface area contributed by atoms with Crippen LogP contribution in [0.2, 0.25) is 0 Å². The van der Waals surface area contributed by atoms with Gasteiger partial charge >= 0.3 is 5.91 Å². The number of benzene rings is 3. The number of carbonyl (C=O) groups is 2. The van der Waals surface area contributed by atoms with Gasteiger partial charge in [-0.15, -0.1) is 0 Å². The van der Waals surface area contributed by atoms with Crippen molar-refractivity contribution in [3.63, 3.8) is 0 Å². The van der Waals surface area contributed by atoms with Crippen LogP contribution < -0.4 is 19.3 Å². The summed E-state index contributed by atoms with van der Waals surface area (Å²) in [7, 11) is 3.88. The molecule has 212 valence electrons. The van der Waals surface area contributed by atoms with Crippen molar-refractivity contribution >= 4 is 49.8 Å². The highest BCUT2D eigenvalue weighted by Gasteiger charge is 2.48. The van der Waals surface area contributed by atoms with E-state index in [1.165, 1.54) is 16.2 Å². The molecule has 9 heteroatoms. The van der Waals surface area contributed by atoms with E-state index in [0.29, 0.717) is 46.5 Å². The molecule has 1 aromatic heterocycles. The molecule has 0 radical (unpaired) electrons. The lowest BCUT2D eigenvalue weighted by Gasteiger charge is -2.23. The van der Waals surface area contributed by atoms with Crippen LogP contribution in [0.3, 0.4) is 0 Å². The van der Waals surface area contributed by atoms with Crippen LogP contribution in [0.1, 0.15) is 43.9 Å². The van der Waals surface area contributed by atoms with Gasteiger partial charge in [-0.3, -0.25) is 14.5 Å². The number of anilines is 2. The van der Waals surface area contributed by atoms with Crippen molar-refractivity contribution in [3.8, 4) is 11.5 Å². The lowest BCUT2D eigenvalue weighted by Crippen LogP contribution is -2.29. The Kier molecular flexibility index (Phi) is 8.26. The Bertz CT molecular complexity index is 1610. The Balaban J connectivity index is 1.63. The maximum atomic E-state index is 13.6. The van der Waals surface area contributed by atoms with E-state index in [1.807, 2.05) is 68.4 Å². The van der Waals surface area contributed by atoms with Gasteiger partial charge < -0.3 is 19.5 Å². The minimum Gasteiger partial charge on any atom is -0.507 e. The second kappa shape index (κ2) is 12.0. The molecule has 1 atom stereocenters. The van der Waals surface area contributed by atoms with Crippen molar-refractivity contribution in [2.75, 3.05) is 37.1 Å². The minimum atomic E-state index is -0.872. The number of aromatic nitrogens is 1. The average molecular weight is 572 g/mol. The highest BCUT2D eigenvalue weighted by atomic mass is 32.1. The predicted octanol–water partition coefficient (Wildman–Crippen LogP) is 6.57. The number of hydrogen-bond donors (Lipinski definition) is 1. The molecule has 2 heterocycles. The Morgan fingerprint density at radius 2 is 1.76 bits per heavy atom. The molecule has 1 aliphatic rings. The normalized spacial score (nSPS) is 16.4. The summed E-state index contributed by atoms with van der Waals surface area (Å²) in [6.07, 6.45) is 1.90. The van der Waals surface area contributed by atoms with Crippen molar-refractivity contribution in [3.05, 3.63) is 83.4 Å². The third kappa shape index (κ3) is 5.63. The van der Waals surface area contributed by atoms with Crippen LogP contribution in [0, 0.1) is 0 Å². The number of carbonyl (C=O) groups excluding carboxylic acids is 2. The number of ether oxygens (including phenoxy) is 2. The van der Waals surface area contributed by atoms with Gasteiger partial charge in [-0.1, -0.05) is 48.9 Å². The fraction of sp³-hybridized carbons (Fsp3) is 0.281. The third-order valence-corrected chi connectivity index (χ3v) is 7.93. The third-order valence-electron chi connectivity index (χ3n) is 6.91. The molecule has 5 rings (SSSR count). The highest BCUT2D eigenvalue weighted by Crippen LogP contribution is 2.45. The fourth-order valence-electron chi connectivity index (χ4n) is 4.78. The second-order valence-corrected chi connectivity index (χ2v) is 11.0. The van der Waals surface area contributed by atoms with Gasteiger partial charge in [0.2, 0.25) is 0 Å². The molecule has 1 unspecified atom stereocenters. The number of fused-ring (bicyclic) bond motifs is 1. The van der Waals surface area contributed by atoms with Crippen molar-refractivity contribution < 1.29 is 24.2 Å². The van der Waals surface area contributed by atoms with Crippen molar-refractivity contribution in [2.24, 2.45) is 0 Å². The number of ketones is 1. The van der Waals surface area contributed by atoms with Gasteiger partial charge in [0.1, 0.15) is 17.3 Å². The zero-order chi connectivity index (χ0) is 29.1. The summed E-state index contributed by atoms with van der Waals surface area (Å²) in [5.74, 6) is -0.481. The van der Waals surface area contributed by atoms with Gasteiger partial charge in [-0.05, 0) is 61.4 Å². The number of amides is 1. The standard InChI is InChI=1S/C32H33N3O5S/c1-5-7-17-40-23-10-8-9-21(18-23)29(36)27-28(20-11-13-22(14-12-20)34(3)4)35(31(38)30(27)37)32-33-25-16-15-24(39-6-2)19-26(25)41-32/h8-16,18-19,28,36H,5-7,17H2,1-4H3/b29-27+. The highest BCUT2D eigenvalue weighted by molar-refractivity contribution is 7.22. The molecular weight excluding hydrogens is 538 g/mol. The summed E-state index contributed by atoms with van der Waals surface area (Å²) < 4.78 is 12.3. The van der Waals surface area contributed by atoms with Gasteiger partial charge in [0.05, 0.1) is 35.0 Å². The van der Waals surface area contributed by atoms with Crippen LogP contribution in [0.4, 0.5) is 10.8 Å². The summed E-state index contributed by atoms with van der Waals surface area (Å²) >= 11 is 1.30. The molecule has 8 nitrogen and oxygen atoms in total. The van der Waals surface area contributed by atoms with E-state index in [1.54, 1.807) is 24.3 Å². The van der Waals surface area contributed by atoms with E-state index in [4.69, 9.17) is 14.5 Å². The van der Waals surface area contributed by atoms with Crippen LogP contribution in [-0.2, 0) is 9.59 Å². The molecule has 1 N–H and O–H groups in total. The summed E-state index contributed by atoms with van der Waals surface area (Å²) in [6.45, 7) is 5.07. The van der Waals surface area contributed by atoms with Gasteiger partial charge in [0.15, 0.2) is 5.13 Å². The zero-order valence-electron chi connectivity index (χ0n) is 23.6. The molecule has 0 saturated carbocycles. The zero-order valence-corrected chi connectivity index (χ0v) is 24.4. The maximum Gasteiger partial charge on any atom is 0.301 e. The first-order valence-electron chi connectivity index (χ1n) is 13.7. The van der Waals surface area contributed by atoms with E-state index >= 15 is 0 Å². The summed E-state index contributed by atoms with van der Waals surface area (Å²) in [5, 5.41) is 11.9. The number of rotatable bonds is 10. The van der Waals surface area contributed by atoms with Gasteiger partial charge in [0, 0.05) is 25.3 Å². The lowest BCUT2D eigenvalue weighted by molar-refractivity contribution is -0.132. The molecule has 0 bridgehead atoms. The average Bonchev–Trinajstić information content (AvgIpc) is 3.50. The first-order chi connectivity index (χ1) is 19.8. The van der Waals surface area contributed by atoms with Gasteiger partial charge in [-0.25, -0.2) is 4.98 Å². The van der Waals surface area contributed by atoms with Gasteiger partial charge in [-0.2, -0.15) is 0 Å². The minimum absolute atomic E-state index is 0.00701. The number of unbranched alkanes of at least 4 members (excludes halogenated alkanes) is 1. The summed E-state index contributed by atoms with van der Waals surface area (Å²) in [6, 6.07) is 19.2. The topological polar surface area (TPSA) is 92.2 Å². The molecule has 41 heavy (non-hydrogen) atoms. The number of hydrogen-bond acceptors (Lipinski definition) is 8. The Labute approximate surface area is 243 Å². The molecular formula is C32H33N3O5S. The molecule has 1 amide bonds. The second-order valence-electron chi connectivity index (χ2n) is 9.94. The largest absolute Gasteiger partial charge is 0.507 e. The first-order valence-corrected chi connectivity index (χ1v) is 14.5. The van der Waals surface area contributed by atoms with Crippen LogP contribution in [0.5, 0.6) is 11.5 Å². The monoisotopic (exact) mass is 571 g/mol. The number of aliphatic hydroxyl groups excluding tert-OH is 1. The Morgan fingerprint density at radius 1 is 1.00 bits per heavy atom. The summed E-state index contributed by atoms with van der Waals surface area (Å²) in [4.78, 5) is 35.3. The van der Waals surface area contributed by atoms with Crippen molar-refractivity contribution in [1.29, 1.82) is 0 Å². The number of nitrogens with zero attached hydrogens (tertiary/aromatic N) is 3. The SMILES string of the molecule is CCCCOc1cccc(/C(O)=C2\C(=O)C(=O)N(c3nc4ccc(OCC)cc4s3)C2c2ccc(N(C)C)cc2)c1. The first kappa shape index (κ1) is 28.2. The molecule has 0 spiro atoms. The summed E-state index contributed by atoms with van der Waals surface area (Å²) in [5.41, 5.74) is 2.74. The van der Waals surface area contributed by atoms with Crippen LogP contribution >= 0.6 is 11.3 Å². The van der Waals surface area contributed by atoms with E-state index in [0.717, 1.165) is 23.2 Å². The van der Waals surface area contributed by atoms with E-state index < -0.39 is 17.7 Å². The molecule has 1 fully saturated rings. The Hall–Kier alpha value is -4.37. The quantitative estimate of drug-likeness (QED) is 0.0997. The molecule has 1 saturated heterocycles. The number of thiazole rings is 1.